The number of aromatic nitrogens is 2. The van der Waals surface area contributed by atoms with Gasteiger partial charge in [-0.15, -0.1) is 10.2 Å². The highest BCUT2D eigenvalue weighted by atomic mass is 32.1. The van der Waals surface area contributed by atoms with Crippen molar-refractivity contribution >= 4 is 28.2 Å². The number of nitrogens with one attached hydrogen (secondary N) is 2. The third-order valence-electron chi connectivity index (χ3n) is 3.45. The van der Waals surface area contributed by atoms with E-state index in [4.69, 9.17) is 0 Å². The summed E-state index contributed by atoms with van der Waals surface area (Å²) in [5, 5.41) is 14.3. The van der Waals surface area contributed by atoms with E-state index < -0.39 is 11.8 Å². The highest BCUT2D eigenvalue weighted by molar-refractivity contribution is 7.15. The van der Waals surface area contributed by atoms with Gasteiger partial charge in [-0.05, 0) is 17.7 Å². The maximum absolute atomic E-state index is 13.5. The molecule has 0 aliphatic carbocycles. The maximum atomic E-state index is 13.5. The molecule has 0 unspecified atom stereocenters. The van der Waals surface area contributed by atoms with Crippen LogP contribution in [0.1, 0.15) is 23.4 Å². The van der Waals surface area contributed by atoms with Crippen LogP contribution in [0.4, 0.5) is 20.0 Å². The summed E-state index contributed by atoms with van der Waals surface area (Å²) in [5.74, 6) is -0.419. The van der Waals surface area contributed by atoms with Crippen molar-refractivity contribution in [1.82, 2.24) is 10.2 Å². The van der Waals surface area contributed by atoms with Crippen LogP contribution in [0, 0.1) is 5.82 Å². The van der Waals surface area contributed by atoms with Crippen LogP contribution in [0.2, 0.25) is 0 Å². The second kappa shape index (κ2) is 7.18. The van der Waals surface area contributed by atoms with Gasteiger partial charge in [0.2, 0.25) is 5.13 Å². The number of para-hydroxylation sites is 1. The Kier molecular flexibility index (Phi) is 4.81. The van der Waals surface area contributed by atoms with Gasteiger partial charge in [0.1, 0.15) is 10.8 Å². The molecule has 1 heterocycles. The maximum Gasteiger partial charge on any atom is 0.325 e. The average Bonchev–Trinajstić information content (AvgIpc) is 3.05. The number of anilines is 2. The zero-order chi connectivity index (χ0) is 16.9. The Bertz CT molecular complexity index is 837. The Balaban J connectivity index is 1.66. The number of hydrogen-bond acceptors (Lipinski definition) is 4. The zero-order valence-electron chi connectivity index (χ0n) is 12.9. The molecule has 7 heteroatoms. The van der Waals surface area contributed by atoms with Crippen LogP contribution in [0.5, 0.6) is 0 Å². The summed E-state index contributed by atoms with van der Waals surface area (Å²) in [6.07, 6.45) is 0. The minimum Gasteiger partial charge on any atom is -0.305 e. The van der Waals surface area contributed by atoms with Gasteiger partial charge in [0, 0.05) is 5.92 Å². The molecular formula is C17H15FN4OS. The fraction of sp³-hybridized carbons (Fsp3) is 0.118. The normalized spacial score (nSPS) is 11.8. The van der Waals surface area contributed by atoms with E-state index in [1.54, 1.807) is 12.1 Å². The summed E-state index contributed by atoms with van der Waals surface area (Å²) < 4.78 is 13.5. The molecule has 1 aromatic heterocycles. The zero-order valence-corrected chi connectivity index (χ0v) is 13.7. The topological polar surface area (TPSA) is 66.9 Å². The third kappa shape index (κ3) is 3.75. The molecule has 0 aliphatic rings. The SMILES string of the molecule is C[C@@H](c1ccccc1)c1nnc(NC(=O)Nc2ccccc2F)s1. The first-order valence-electron chi connectivity index (χ1n) is 7.34. The average molecular weight is 342 g/mol. The van der Waals surface area contributed by atoms with Crippen molar-refractivity contribution in [2.45, 2.75) is 12.8 Å². The number of nitrogens with zero attached hydrogens (tertiary/aromatic N) is 2. The van der Waals surface area contributed by atoms with Gasteiger partial charge in [-0.3, -0.25) is 5.32 Å². The van der Waals surface area contributed by atoms with E-state index in [0.29, 0.717) is 5.13 Å². The van der Waals surface area contributed by atoms with Gasteiger partial charge in [-0.2, -0.15) is 0 Å². The monoisotopic (exact) mass is 342 g/mol. The summed E-state index contributed by atoms with van der Waals surface area (Å²) in [4.78, 5) is 11.9. The van der Waals surface area contributed by atoms with Gasteiger partial charge >= 0.3 is 6.03 Å². The molecule has 0 bridgehead atoms. The van der Waals surface area contributed by atoms with Crippen molar-refractivity contribution < 1.29 is 9.18 Å². The molecule has 0 saturated carbocycles. The first kappa shape index (κ1) is 16.1. The number of urea groups is 1. The van der Waals surface area contributed by atoms with E-state index in [0.717, 1.165) is 10.6 Å². The number of halogens is 1. The molecule has 3 aromatic rings. The highest BCUT2D eigenvalue weighted by Crippen LogP contribution is 2.28. The molecule has 5 nitrogen and oxygen atoms in total. The third-order valence-corrected chi connectivity index (χ3v) is 4.47. The summed E-state index contributed by atoms with van der Waals surface area (Å²) >= 11 is 1.29. The molecule has 0 saturated heterocycles. The standard InChI is InChI=1S/C17H15FN4OS/c1-11(12-7-3-2-4-8-12)15-21-22-17(24-15)20-16(23)19-14-10-6-5-9-13(14)18/h2-11H,1H3,(H2,19,20,22,23)/t11-/m0/s1. The first-order chi connectivity index (χ1) is 11.6. The van der Waals surface area contributed by atoms with Crippen LogP contribution in [0.25, 0.3) is 0 Å². The minimum absolute atomic E-state index is 0.0777. The summed E-state index contributed by atoms with van der Waals surface area (Å²) in [5.41, 5.74) is 1.23. The van der Waals surface area contributed by atoms with Crippen LogP contribution in [0.3, 0.4) is 0 Å². The lowest BCUT2D eigenvalue weighted by molar-refractivity contribution is 0.262. The summed E-state index contributed by atoms with van der Waals surface area (Å²) in [6, 6.07) is 15.3. The van der Waals surface area contributed by atoms with Gasteiger partial charge in [0.15, 0.2) is 0 Å². The van der Waals surface area contributed by atoms with E-state index in [1.807, 2.05) is 37.3 Å². The molecule has 2 N–H and O–H groups in total. The molecule has 2 aromatic carbocycles. The van der Waals surface area contributed by atoms with Crippen LogP contribution in [-0.4, -0.2) is 16.2 Å². The van der Waals surface area contributed by atoms with Crippen LogP contribution in [0.15, 0.2) is 54.6 Å². The molecule has 3 rings (SSSR count). The van der Waals surface area contributed by atoms with Crippen molar-refractivity contribution in [3.63, 3.8) is 0 Å². The summed E-state index contributed by atoms with van der Waals surface area (Å²) in [6.45, 7) is 2.03. The number of rotatable bonds is 4. The van der Waals surface area contributed by atoms with Crippen molar-refractivity contribution in [3.05, 3.63) is 71.0 Å². The van der Waals surface area contributed by atoms with E-state index in [1.165, 1.54) is 23.5 Å². The Hall–Kier alpha value is -2.80. The predicted octanol–water partition coefficient (Wildman–Crippen LogP) is 4.47. The Morgan fingerprint density at radius 3 is 2.50 bits per heavy atom. The predicted molar refractivity (Wildman–Crippen MR) is 92.9 cm³/mol. The summed E-state index contributed by atoms with van der Waals surface area (Å²) in [7, 11) is 0. The molecule has 0 fully saturated rings. The Labute approximate surface area is 142 Å². The van der Waals surface area contributed by atoms with E-state index in [-0.39, 0.29) is 11.6 Å². The Morgan fingerprint density at radius 2 is 1.75 bits per heavy atom. The quantitative estimate of drug-likeness (QED) is 0.735. The molecular weight excluding hydrogens is 327 g/mol. The first-order valence-corrected chi connectivity index (χ1v) is 8.16. The second-order valence-corrected chi connectivity index (χ2v) is 6.15. The fourth-order valence-electron chi connectivity index (χ4n) is 2.16. The molecule has 24 heavy (non-hydrogen) atoms. The van der Waals surface area contributed by atoms with E-state index in [2.05, 4.69) is 20.8 Å². The van der Waals surface area contributed by atoms with Gasteiger partial charge < -0.3 is 5.32 Å². The van der Waals surface area contributed by atoms with Crippen LogP contribution >= 0.6 is 11.3 Å². The molecule has 2 amide bonds. The van der Waals surface area contributed by atoms with E-state index >= 15 is 0 Å². The molecule has 1 atom stereocenters. The smallest absolute Gasteiger partial charge is 0.305 e. The lowest BCUT2D eigenvalue weighted by Crippen LogP contribution is -2.19. The lowest BCUT2D eigenvalue weighted by atomic mass is 10.0. The van der Waals surface area contributed by atoms with Gasteiger partial charge in [-0.25, -0.2) is 9.18 Å². The van der Waals surface area contributed by atoms with Crippen LogP contribution in [-0.2, 0) is 0 Å². The van der Waals surface area contributed by atoms with Crippen molar-refractivity contribution in [2.75, 3.05) is 10.6 Å². The largest absolute Gasteiger partial charge is 0.325 e. The Morgan fingerprint density at radius 1 is 1.04 bits per heavy atom. The van der Waals surface area contributed by atoms with Gasteiger partial charge in [0.25, 0.3) is 0 Å². The molecule has 0 radical (unpaired) electrons. The number of amides is 2. The molecule has 0 spiro atoms. The van der Waals surface area contributed by atoms with Crippen LogP contribution < -0.4 is 10.6 Å². The van der Waals surface area contributed by atoms with Gasteiger partial charge in [-0.1, -0.05) is 60.7 Å². The van der Waals surface area contributed by atoms with Gasteiger partial charge in [0.05, 0.1) is 5.69 Å². The van der Waals surface area contributed by atoms with Crippen molar-refractivity contribution in [3.8, 4) is 0 Å². The highest BCUT2D eigenvalue weighted by Gasteiger charge is 2.15. The number of benzene rings is 2. The number of hydrogen-bond donors (Lipinski definition) is 2. The second-order valence-electron chi connectivity index (χ2n) is 5.14. The lowest BCUT2D eigenvalue weighted by Gasteiger charge is -2.07. The fourth-order valence-corrected chi connectivity index (χ4v) is 2.98. The van der Waals surface area contributed by atoms with Crippen molar-refractivity contribution in [1.29, 1.82) is 0 Å². The van der Waals surface area contributed by atoms with Crippen molar-refractivity contribution in [2.24, 2.45) is 0 Å². The minimum atomic E-state index is -0.560. The molecule has 122 valence electrons. The number of carbonyl (C=O) groups is 1. The number of carbonyl (C=O) groups excluding carboxylic acids is 1. The molecule has 0 aliphatic heterocycles. The van der Waals surface area contributed by atoms with E-state index in [9.17, 15) is 9.18 Å².